The van der Waals surface area contributed by atoms with Gasteiger partial charge in [0.15, 0.2) is 24.2 Å². The van der Waals surface area contributed by atoms with E-state index < -0.39 is 54.0 Å². The van der Waals surface area contributed by atoms with E-state index in [1.807, 2.05) is 6.07 Å². The summed E-state index contributed by atoms with van der Waals surface area (Å²) < 4.78 is 35.3. The Morgan fingerprint density at radius 3 is 2.62 bits per heavy atom. The first kappa shape index (κ1) is 34.8. The van der Waals surface area contributed by atoms with Gasteiger partial charge in [0.2, 0.25) is 12.0 Å². The monoisotopic (exact) mass is 667 g/mol. The average molecular weight is 668 g/mol. The number of hydrogen-bond donors (Lipinski definition) is 2. The van der Waals surface area contributed by atoms with Crippen LogP contribution in [0.3, 0.4) is 0 Å². The van der Waals surface area contributed by atoms with Gasteiger partial charge in [-0.2, -0.15) is 10.6 Å². The summed E-state index contributed by atoms with van der Waals surface area (Å²) in [6.45, 7) is 5.36. The zero-order chi connectivity index (χ0) is 34.3. The number of carbonyl (C=O) groups excluding carboxylic acids is 1. The maximum atomic E-state index is 12.9. The number of hydroxylamine groups is 1. The van der Waals surface area contributed by atoms with Gasteiger partial charge in [-0.1, -0.05) is 24.1 Å². The van der Waals surface area contributed by atoms with E-state index in [-0.39, 0.29) is 29.0 Å². The Hall–Kier alpha value is -4.56. The second-order valence-electron chi connectivity index (χ2n) is 11.5. The number of aromatic hydroxyl groups is 1. The Bertz CT molecular complexity index is 1700. The smallest absolute Gasteiger partial charge is 0.431 e. The lowest BCUT2D eigenvalue weighted by molar-refractivity contribution is -0.449. The molecule has 2 aliphatic heterocycles. The summed E-state index contributed by atoms with van der Waals surface area (Å²) >= 11 is 0. The Kier molecular flexibility index (Phi) is 11.3. The van der Waals surface area contributed by atoms with E-state index in [4.69, 9.17) is 49.1 Å². The van der Waals surface area contributed by atoms with Crippen molar-refractivity contribution in [1.82, 2.24) is 5.48 Å². The number of benzene rings is 2. The number of terminal acetylenes is 1. The normalized spacial score (nSPS) is 23.9. The minimum atomic E-state index is -1.28. The third kappa shape index (κ3) is 7.93. The largest absolute Gasteiger partial charge is 0.505 e. The predicted octanol–water partition coefficient (Wildman–Crippen LogP) is 5.25. The fourth-order valence-electron chi connectivity index (χ4n) is 5.39. The van der Waals surface area contributed by atoms with Gasteiger partial charge in [0.05, 0.1) is 16.7 Å². The molecule has 2 fully saturated rings. The van der Waals surface area contributed by atoms with Gasteiger partial charge in [-0.25, -0.2) is 19.4 Å². The molecule has 3 aromatic rings. The number of nitrogens with one attached hydrogen (secondary N) is 1. The van der Waals surface area contributed by atoms with Gasteiger partial charge in [0.1, 0.15) is 24.0 Å². The van der Waals surface area contributed by atoms with Crippen LogP contribution >= 0.6 is 0 Å². The highest BCUT2D eigenvalue weighted by atomic mass is 17.2. The quantitative estimate of drug-likeness (QED) is 0.0678. The highest BCUT2D eigenvalue weighted by Gasteiger charge is 2.55. The fraction of sp³-hybridized carbons (Fsp3) is 0.455. The van der Waals surface area contributed by atoms with E-state index in [0.29, 0.717) is 24.3 Å². The van der Waals surface area contributed by atoms with Crippen LogP contribution in [-0.4, -0.2) is 68.0 Å². The summed E-state index contributed by atoms with van der Waals surface area (Å²) in [5, 5.41) is 19.1. The molecule has 3 heterocycles. The molecule has 0 saturated carbocycles. The summed E-state index contributed by atoms with van der Waals surface area (Å²) in [4.78, 5) is 42.1. The summed E-state index contributed by atoms with van der Waals surface area (Å²) in [6, 6.07) is 11.8. The van der Waals surface area contributed by atoms with Crippen LogP contribution in [0, 0.1) is 19.3 Å². The Balaban J connectivity index is 1.46. The molecule has 15 heteroatoms. The zero-order valence-corrected chi connectivity index (χ0v) is 26.9. The first-order chi connectivity index (χ1) is 23.1. The van der Waals surface area contributed by atoms with E-state index in [2.05, 4.69) is 21.6 Å². The van der Waals surface area contributed by atoms with E-state index in [1.54, 1.807) is 51.1 Å². The van der Waals surface area contributed by atoms with Crippen molar-refractivity contribution in [3.05, 3.63) is 58.4 Å². The molecule has 1 amide bonds. The van der Waals surface area contributed by atoms with Crippen LogP contribution in [0.15, 0.2) is 61.9 Å². The summed E-state index contributed by atoms with van der Waals surface area (Å²) in [5.74, 6) is 2.01. The molecular weight excluding hydrogens is 630 g/mol. The highest BCUT2D eigenvalue weighted by molar-refractivity contribution is 5.90. The van der Waals surface area contributed by atoms with Crippen molar-refractivity contribution in [1.29, 1.82) is 0 Å². The highest BCUT2D eigenvalue weighted by Crippen LogP contribution is 2.40. The Morgan fingerprint density at radius 1 is 1.12 bits per heavy atom. The van der Waals surface area contributed by atoms with Crippen molar-refractivity contribution in [2.24, 2.45) is 10.2 Å². The zero-order valence-electron chi connectivity index (χ0n) is 26.9. The van der Waals surface area contributed by atoms with Crippen LogP contribution in [0.1, 0.15) is 38.7 Å². The van der Waals surface area contributed by atoms with E-state index in [1.165, 1.54) is 13.2 Å². The number of carbonyl (C=O) groups is 1. The molecule has 1 unspecified atom stereocenters. The number of amides is 1. The molecular formula is C33H37N3O12. The standard InChI is InChI=1S/C33H37N3O12/c1-6-17-42-36-32(39)45-27-28(48-47-23-14-10-11-18-41-23)31(46-33(3,4)29(27)40-5)43-22-16-15-21-25(37)24(30(38)44-26(21)19(22)2)35-34-20-12-8-7-9-13-20/h1,7-9,12-13,15-16,23,27-29,31,37H,10-11,14,17-18H2,2-5H3,(H,36,39)/t23?,27-,28+,29+,31+/m0/s1. The van der Waals surface area contributed by atoms with E-state index in [0.717, 1.165) is 12.8 Å². The molecule has 256 valence electrons. The minimum Gasteiger partial charge on any atom is -0.505 e. The van der Waals surface area contributed by atoms with Crippen molar-refractivity contribution in [2.45, 2.75) is 76.5 Å². The van der Waals surface area contributed by atoms with Gasteiger partial charge in [-0.05, 0) is 57.9 Å². The second-order valence-corrected chi connectivity index (χ2v) is 11.5. The van der Waals surface area contributed by atoms with Crippen LogP contribution in [-0.2, 0) is 33.6 Å². The molecule has 2 N–H and O–H groups in total. The van der Waals surface area contributed by atoms with Crippen molar-refractivity contribution in [3.63, 3.8) is 0 Å². The number of ether oxygens (including phenoxy) is 5. The maximum absolute atomic E-state index is 12.9. The predicted molar refractivity (Wildman–Crippen MR) is 168 cm³/mol. The van der Waals surface area contributed by atoms with Crippen LogP contribution in [0.4, 0.5) is 16.2 Å². The molecule has 0 bridgehead atoms. The number of rotatable bonds is 11. The summed E-state index contributed by atoms with van der Waals surface area (Å²) in [7, 11) is 1.43. The van der Waals surface area contributed by atoms with Crippen LogP contribution in [0.25, 0.3) is 11.0 Å². The van der Waals surface area contributed by atoms with Gasteiger partial charge >= 0.3 is 11.7 Å². The topological polar surface area (TPSA) is 178 Å². The number of nitrogens with zero attached hydrogens (tertiary/aromatic N) is 2. The molecule has 2 aliphatic rings. The minimum absolute atomic E-state index is 0.0423. The third-order valence-electron chi connectivity index (χ3n) is 7.70. The van der Waals surface area contributed by atoms with Gasteiger partial charge in [0, 0.05) is 25.7 Å². The number of fused-ring (bicyclic) bond motifs is 1. The number of hydrogen-bond acceptors (Lipinski definition) is 14. The SMILES string of the molecule is C#CCONC(=O)O[C@H]1[C@@H](OOC2CCCCO2)[C@H](Oc2ccc3c(O)c(N=Nc4ccccc4)c(=O)oc3c2C)OC(C)(C)[C@@H]1OC. The number of methoxy groups -OCH3 is 1. The lowest BCUT2D eigenvalue weighted by Gasteiger charge is -2.48. The first-order valence-electron chi connectivity index (χ1n) is 15.2. The molecule has 2 saturated heterocycles. The Labute approximate surface area is 275 Å². The molecule has 15 nitrogen and oxygen atoms in total. The molecule has 0 aliphatic carbocycles. The molecule has 5 rings (SSSR count). The summed E-state index contributed by atoms with van der Waals surface area (Å²) in [6.07, 6.45) is 1.26. The molecule has 0 radical (unpaired) electrons. The van der Waals surface area contributed by atoms with Crippen LogP contribution in [0.5, 0.6) is 11.5 Å². The van der Waals surface area contributed by atoms with Gasteiger partial charge in [-0.15, -0.1) is 11.5 Å². The lowest BCUT2D eigenvalue weighted by atomic mass is 9.89. The number of azo groups is 1. The van der Waals surface area contributed by atoms with Crippen LogP contribution in [0.2, 0.25) is 0 Å². The van der Waals surface area contributed by atoms with Crippen molar-refractivity contribution in [3.8, 4) is 23.8 Å². The van der Waals surface area contributed by atoms with Gasteiger partial charge in [0.25, 0.3) is 0 Å². The molecule has 5 atom stereocenters. The lowest BCUT2D eigenvalue weighted by Crippen LogP contribution is -2.66. The summed E-state index contributed by atoms with van der Waals surface area (Å²) in [5.41, 5.74) is 0.602. The van der Waals surface area contributed by atoms with E-state index in [9.17, 15) is 14.7 Å². The first-order valence-corrected chi connectivity index (χ1v) is 15.2. The number of aryl methyl sites for hydroxylation is 1. The van der Waals surface area contributed by atoms with Crippen molar-refractivity contribution < 1.29 is 52.6 Å². The average Bonchev–Trinajstić information content (AvgIpc) is 3.07. The third-order valence-corrected chi connectivity index (χ3v) is 7.70. The Morgan fingerprint density at radius 2 is 1.92 bits per heavy atom. The fourth-order valence-corrected chi connectivity index (χ4v) is 5.39. The van der Waals surface area contributed by atoms with Crippen LogP contribution < -0.4 is 15.8 Å². The second kappa shape index (κ2) is 15.6. The van der Waals surface area contributed by atoms with Gasteiger partial charge in [-0.3, -0.25) is 4.84 Å². The molecule has 48 heavy (non-hydrogen) atoms. The maximum Gasteiger partial charge on any atom is 0.431 e. The van der Waals surface area contributed by atoms with Gasteiger partial charge < -0.3 is 33.2 Å². The molecule has 2 aromatic carbocycles. The van der Waals surface area contributed by atoms with Crippen molar-refractivity contribution >= 4 is 28.4 Å². The molecule has 1 aromatic heterocycles. The van der Waals surface area contributed by atoms with E-state index >= 15 is 0 Å². The van der Waals surface area contributed by atoms with Crippen molar-refractivity contribution in [2.75, 3.05) is 20.3 Å². The molecule has 0 spiro atoms.